The van der Waals surface area contributed by atoms with Crippen LogP contribution in [0.15, 0.2) is 35.3 Å². The van der Waals surface area contributed by atoms with Gasteiger partial charge >= 0.3 is 0 Å². The van der Waals surface area contributed by atoms with Gasteiger partial charge in [0.05, 0.1) is 5.75 Å². The maximum Gasteiger partial charge on any atom is 0.191 e. The molecule has 1 aliphatic carbocycles. The predicted octanol–water partition coefficient (Wildman–Crippen LogP) is 2.32. The molecule has 0 amide bonds. The highest BCUT2D eigenvalue weighted by Gasteiger charge is 2.44. The van der Waals surface area contributed by atoms with Crippen molar-refractivity contribution in [2.45, 2.75) is 37.6 Å². The number of guanidine groups is 1. The van der Waals surface area contributed by atoms with Crippen LogP contribution < -0.4 is 10.6 Å². The van der Waals surface area contributed by atoms with E-state index in [1.54, 1.807) is 7.05 Å². The topological polar surface area (TPSA) is 70.6 Å². The molecule has 0 spiro atoms. The molecule has 1 fully saturated rings. The number of rotatable bonds is 7. The van der Waals surface area contributed by atoms with E-state index in [1.807, 2.05) is 13.0 Å². The first-order valence-corrected chi connectivity index (χ1v) is 10.1. The molecule has 1 aliphatic rings. The Balaban J connectivity index is 0.00000288. The molecular formula is C17H28IN3O2S. The van der Waals surface area contributed by atoms with Gasteiger partial charge in [0.1, 0.15) is 9.84 Å². The molecule has 2 N–H and O–H groups in total. The van der Waals surface area contributed by atoms with Gasteiger partial charge in [0.15, 0.2) is 5.96 Å². The summed E-state index contributed by atoms with van der Waals surface area (Å²) in [5.41, 5.74) is 1.59. The summed E-state index contributed by atoms with van der Waals surface area (Å²) in [7, 11) is -1.19. The van der Waals surface area contributed by atoms with Crippen molar-refractivity contribution >= 4 is 39.8 Å². The van der Waals surface area contributed by atoms with Crippen LogP contribution in [0.5, 0.6) is 0 Å². The average molecular weight is 465 g/mol. The number of hydrogen-bond donors (Lipinski definition) is 2. The number of halogens is 1. The Morgan fingerprint density at radius 2 is 1.92 bits per heavy atom. The maximum atomic E-state index is 11.2. The van der Waals surface area contributed by atoms with E-state index in [2.05, 4.69) is 39.9 Å². The molecule has 0 heterocycles. The summed E-state index contributed by atoms with van der Waals surface area (Å²) in [6.45, 7) is 2.82. The molecule has 1 saturated carbocycles. The molecule has 1 atom stereocenters. The highest BCUT2D eigenvalue weighted by molar-refractivity contribution is 14.0. The number of sulfone groups is 1. The molecule has 1 aromatic rings. The molecule has 2 rings (SSSR count). The zero-order chi connectivity index (χ0) is 16.9. The summed E-state index contributed by atoms with van der Waals surface area (Å²) >= 11 is 0. The lowest BCUT2D eigenvalue weighted by Gasteiger charge is -2.21. The van der Waals surface area contributed by atoms with Crippen LogP contribution in [0, 0.1) is 0 Å². The molecule has 0 saturated heterocycles. The van der Waals surface area contributed by atoms with Crippen LogP contribution >= 0.6 is 24.0 Å². The molecule has 7 heteroatoms. The Hall–Kier alpha value is -0.830. The number of aliphatic imine (C=N–C) groups is 1. The molecule has 136 valence electrons. The average Bonchev–Trinajstić information content (AvgIpc) is 3.31. The first-order valence-electron chi connectivity index (χ1n) is 8.05. The van der Waals surface area contributed by atoms with E-state index in [1.165, 1.54) is 24.7 Å². The smallest absolute Gasteiger partial charge is 0.191 e. The molecule has 1 aromatic carbocycles. The van der Waals surface area contributed by atoms with Crippen LogP contribution in [0.1, 0.15) is 31.7 Å². The van der Waals surface area contributed by atoms with Crippen LogP contribution in [-0.4, -0.2) is 46.0 Å². The standard InChI is InChI=1S/C17H27N3O2S.HI/c1-14(9-12-23(3,21)22)20-16(18-2)19-13-17(10-11-17)15-7-5-4-6-8-15;/h4-8,14H,9-13H2,1-3H3,(H2,18,19,20);1H. The predicted molar refractivity (Wildman–Crippen MR) is 111 cm³/mol. The molecule has 0 bridgehead atoms. The van der Waals surface area contributed by atoms with Gasteiger partial charge in [-0.25, -0.2) is 8.42 Å². The highest BCUT2D eigenvalue weighted by Crippen LogP contribution is 2.47. The van der Waals surface area contributed by atoms with Gasteiger partial charge in [-0.2, -0.15) is 0 Å². The minimum Gasteiger partial charge on any atom is -0.356 e. The monoisotopic (exact) mass is 465 g/mol. The quantitative estimate of drug-likeness (QED) is 0.369. The van der Waals surface area contributed by atoms with E-state index in [9.17, 15) is 8.42 Å². The van der Waals surface area contributed by atoms with Crippen molar-refractivity contribution in [3.8, 4) is 0 Å². The minimum absolute atomic E-state index is 0. The zero-order valence-corrected chi connectivity index (χ0v) is 17.7. The van der Waals surface area contributed by atoms with Gasteiger partial charge in [0, 0.05) is 31.3 Å². The van der Waals surface area contributed by atoms with E-state index in [4.69, 9.17) is 0 Å². The van der Waals surface area contributed by atoms with Gasteiger partial charge < -0.3 is 10.6 Å². The van der Waals surface area contributed by atoms with Crippen LogP contribution in [0.2, 0.25) is 0 Å². The van der Waals surface area contributed by atoms with Crippen LogP contribution in [0.4, 0.5) is 0 Å². The minimum atomic E-state index is -2.92. The number of nitrogens with zero attached hydrogens (tertiary/aromatic N) is 1. The molecule has 0 radical (unpaired) electrons. The Kier molecular flexibility index (Phi) is 7.98. The first kappa shape index (κ1) is 21.2. The van der Waals surface area contributed by atoms with Crippen molar-refractivity contribution in [1.82, 2.24) is 10.6 Å². The molecule has 1 unspecified atom stereocenters. The largest absolute Gasteiger partial charge is 0.356 e. The second-order valence-corrected chi connectivity index (χ2v) is 8.80. The summed E-state index contributed by atoms with van der Waals surface area (Å²) in [5.74, 6) is 0.916. The number of benzene rings is 1. The van der Waals surface area contributed by atoms with Crippen molar-refractivity contribution < 1.29 is 8.42 Å². The van der Waals surface area contributed by atoms with Gasteiger partial charge in [0.25, 0.3) is 0 Å². The first-order chi connectivity index (χ1) is 10.8. The lowest BCUT2D eigenvalue weighted by molar-refractivity contribution is 0.576. The van der Waals surface area contributed by atoms with E-state index >= 15 is 0 Å². The fraction of sp³-hybridized carbons (Fsp3) is 0.588. The Morgan fingerprint density at radius 3 is 2.42 bits per heavy atom. The molecule has 0 aromatic heterocycles. The third kappa shape index (κ3) is 6.58. The van der Waals surface area contributed by atoms with Crippen LogP contribution in [-0.2, 0) is 15.3 Å². The molecular weight excluding hydrogens is 437 g/mol. The Morgan fingerprint density at radius 1 is 1.29 bits per heavy atom. The molecule has 24 heavy (non-hydrogen) atoms. The van der Waals surface area contributed by atoms with Gasteiger partial charge in [-0.05, 0) is 31.7 Å². The Bertz CT molecular complexity index is 643. The van der Waals surface area contributed by atoms with Crippen LogP contribution in [0.3, 0.4) is 0 Å². The summed E-state index contributed by atoms with van der Waals surface area (Å²) in [6, 6.07) is 10.6. The van der Waals surface area contributed by atoms with Gasteiger partial charge in [-0.15, -0.1) is 24.0 Å². The van der Waals surface area contributed by atoms with Crippen molar-refractivity contribution in [2.75, 3.05) is 25.6 Å². The SMILES string of the molecule is CN=C(NCC1(c2ccccc2)CC1)NC(C)CCS(C)(=O)=O.I. The molecule has 0 aliphatic heterocycles. The second-order valence-electron chi connectivity index (χ2n) is 6.54. The maximum absolute atomic E-state index is 11.2. The Labute approximate surface area is 162 Å². The van der Waals surface area contributed by atoms with Crippen molar-refractivity contribution in [1.29, 1.82) is 0 Å². The fourth-order valence-corrected chi connectivity index (χ4v) is 3.44. The fourth-order valence-electron chi connectivity index (χ4n) is 2.65. The van der Waals surface area contributed by atoms with Gasteiger partial charge in [-0.3, -0.25) is 4.99 Å². The van der Waals surface area contributed by atoms with Gasteiger partial charge in [-0.1, -0.05) is 30.3 Å². The van der Waals surface area contributed by atoms with E-state index < -0.39 is 9.84 Å². The lowest BCUT2D eigenvalue weighted by Crippen LogP contribution is -2.45. The van der Waals surface area contributed by atoms with E-state index in [-0.39, 0.29) is 41.2 Å². The summed E-state index contributed by atoms with van der Waals surface area (Å²) in [4.78, 5) is 4.24. The third-order valence-electron chi connectivity index (χ3n) is 4.36. The summed E-state index contributed by atoms with van der Waals surface area (Å²) in [5, 5.41) is 6.65. The third-order valence-corrected chi connectivity index (χ3v) is 5.34. The molecule has 5 nitrogen and oxygen atoms in total. The van der Waals surface area contributed by atoms with E-state index in [0.29, 0.717) is 6.42 Å². The number of nitrogens with one attached hydrogen (secondary N) is 2. The van der Waals surface area contributed by atoms with Crippen molar-refractivity contribution in [3.05, 3.63) is 35.9 Å². The van der Waals surface area contributed by atoms with Crippen molar-refractivity contribution in [2.24, 2.45) is 4.99 Å². The van der Waals surface area contributed by atoms with E-state index in [0.717, 1.165) is 12.5 Å². The number of hydrogen-bond acceptors (Lipinski definition) is 3. The van der Waals surface area contributed by atoms with Crippen LogP contribution in [0.25, 0.3) is 0 Å². The normalized spacial score (nSPS) is 17.5. The highest BCUT2D eigenvalue weighted by atomic mass is 127. The lowest BCUT2D eigenvalue weighted by atomic mass is 9.96. The second kappa shape index (κ2) is 9.03. The summed E-state index contributed by atoms with van der Waals surface area (Å²) in [6.07, 6.45) is 4.21. The van der Waals surface area contributed by atoms with Crippen molar-refractivity contribution in [3.63, 3.8) is 0 Å². The zero-order valence-electron chi connectivity index (χ0n) is 14.6. The summed E-state index contributed by atoms with van der Waals surface area (Å²) < 4.78 is 22.5. The van der Waals surface area contributed by atoms with Gasteiger partial charge in [0.2, 0.25) is 0 Å².